The molecule has 1 aliphatic carbocycles. The first-order valence-electron chi connectivity index (χ1n) is 10.3. The SMILES string of the molecule is CC1=Cc2c(CCN(Cc3ccccc3)S(=O)(=O)c3ccc(C)cc3)cccc2C1. The molecule has 0 radical (unpaired) electrons. The number of hydrogen-bond acceptors (Lipinski definition) is 2. The maximum Gasteiger partial charge on any atom is 0.243 e. The first-order chi connectivity index (χ1) is 14.4. The van der Waals surface area contributed by atoms with E-state index in [2.05, 4.69) is 31.2 Å². The molecule has 0 aromatic heterocycles. The molecule has 0 saturated carbocycles. The van der Waals surface area contributed by atoms with Crippen LogP contribution in [-0.2, 0) is 29.4 Å². The largest absolute Gasteiger partial charge is 0.243 e. The van der Waals surface area contributed by atoms with Crippen molar-refractivity contribution in [2.24, 2.45) is 0 Å². The Labute approximate surface area is 179 Å². The number of sulfonamides is 1. The molecule has 0 spiro atoms. The second kappa shape index (κ2) is 8.58. The van der Waals surface area contributed by atoms with Gasteiger partial charge in [-0.25, -0.2) is 8.42 Å². The molecule has 0 N–H and O–H groups in total. The van der Waals surface area contributed by atoms with Crippen LogP contribution in [0.25, 0.3) is 6.08 Å². The molecule has 3 nitrogen and oxygen atoms in total. The third kappa shape index (κ3) is 4.40. The fourth-order valence-electron chi connectivity index (χ4n) is 4.00. The lowest BCUT2D eigenvalue weighted by atomic mass is 10.0. The molecule has 1 aliphatic rings. The van der Waals surface area contributed by atoms with E-state index in [1.165, 1.54) is 22.3 Å². The summed E-state index contributed by atoms with van der Waals surface area (Å²) in [5, 5.41) is 0. The average molecular weight is 418 g/mol. The van der Waals surface area contributed by atoms with Gasteiger partial charge in [0.2, 0.25) is 10.0 Å². The zero-order valence-corrected chi connectivity index (χ0v) is 18.3. The van der Waals surface area contributed by atoms with Crippen LogP contribution in [0.3, 0.4) is 0 Å². The lowest BCUT2D eigenvalue weighted by Gasteiger charge is -2.23. The average Bonchev–Trinajstić information content (AvgIpc) is 3.13. The number of allylic oxidation sites excluding steroid dienone is 1. The van der Waals surface area contributed by atoms with Crippen molar-refractivity contribution in [1.29, 1.82) is 0 Å². The monoisotopic (exact) mass is 417 g/mol. The van der Waals surface area contributed by atoms with E-state index in [-0.39, 0.29) is 0 Å². The van der Waals surface area contributed by atoms with Crippen molar-refractivity contribution in [3.63, 3.8) is 0 Å². The van der Waals surface area contributed by atoms with E-state index in [9.17, 15) is 8.42 Å². The van der Waals surface area contributed by atoms with Crippen molar-refractivity contribution in [2.75, 3.05) is 6.54 Å². The predicted molar refractivity (Wildman–Crippen MR) is 123 cm³/mol. The van der Waals surface area contributed by atoms with Gasteiger partial charge in [0.25, 0.3) is 0 Å². The molecule has 0 atom stereocenters. The third-order valence-corrected chi connectivity index (χ3v) is 7.50. The number of fused-ring (bicyclic) bond motifs is 1. The van der Waals surface area contributed by atoms with E-state index in [1.54, 1.807) is 16.4 Å². The van der Waals surface area contributed by atoms with Crippen LogP contribution in [0.1, 0.15) is 34.7 Å². The molecule has 4 heteroatoms. The molecule has 0 aliphatic heterocycles. The van der Waals surface area contributed by atoms with Crippen LogP contribution in [0.15, 0.2) is 83.3 Å². The van der Waals surface area contributed by atoms with Gasteiger partial charge < -0.3 is 0 Å². The number of nitrogens with zero attached hydrogens (tertiary/aromatic N) is 1. The molecule has 3 aromatic rings. The Morgan fingerprint density at radius 3 is 2.33 bits per heavy atom. The molecule has 0 saturated heterocycles. The van der Waals surface area contributed by atoms with Crippen molar-refractivity contribution in [2.45, 2.75) is 38.1 Å². The van der Waals surface area contributed by atoms with E-state index >= 15 is 0 Å². The smallest absolute Gasteiger partial charge is 0.207 e. The number of rotatable bonds is 7. The maximum atomic E-state index is 13.5. The van der Waals surface area contributed by atoms with Crippen molar-refractivity contribution in [3.8, 4) is 0 Å². The van der Waals surface area contributed by atoms with Crippen LogP contribution in [0.4, 0.5) is 0 Å². The lowest BCUT2D eigenvalue weighted by molar-refractivity contribution is 0.409. The molecule has 4 rings (SSSR count). The molecule has 0 unspecified atom stereocenters. The Kier molecular flexibility index (Phi) is 5.89. The van der Waals surface area contributed by atoms with Gasteiger partial charge in [0, 0.05) is 13.1 Å². The number of hydrogen-bond donors (Lipinski definition) is 0. The standard InChI is InChI=1S/C26H27NO2S/c1-20-11-13-25(14-12-20)30(28,29)27(19-22-7-4-3-5-8-22)16-15-23-9-6-10-24-17-21(2)18-26(23)24/h3-14,18H,15-17,19H2,1-2H3. The highest BCUT2D eigenvalue weighted by molar-refractivity contribution is 7.89. The van der Waals surface area contributed by atoms with Crippen LogP contribution in [-0.4, -0.2) is 19.3 Å². The van der Waals surface area contributed by atoms with E-state index in [4.69, 9.17) is 0 Å². The fourth-order valence-corrected chi connectivity index (χ4v) is 5.43. The summed E-state index contributed by atoms with van der Waals surface area (Å²) in [6.07, 6.45) is 3.91. The van der Waals surface area contributed by atoms with Gasteiger partial charge in [0.1, 0.15) is 0 Å². The Morgan fingerprint density at radius 2 is 1.60 bits per heavy atom. The minimum atomic E-state index is -3.59. The summed E-state index contributed by atoms with van der Waals surface area (Å²) in [5.74, 6) is 0. The molecule has 0 amide bonds. The second-order valence-corrected chi connectivity index (χ2v) is 9.98. The van der Waals surface area contributed by atoms with Crippen LogP contribution < -0.4 is 0 Å². The molecule has 154 valence electrons. The summed E-state index contributed by atoms with van der Waals surface area (Å²) >= 11 is 0. The molecule has 0 heterocycles. The van der Waals surface area contributed by atoms with Gasteiger partial charge in [0.15, 0.2) is 0 Å². The van der Waals surface area contributed by atoms with Gasteiger partial charge >= 0.3 is 0 Å². The summed E-state index contributed by atoms with van der Waals surface area (Å²) in [5.41, 5.74) is 7.20. The van der Waals surface area contributed by atoms with E-state index in [0.29, 0.717) is 24.4 Å². The lowest BCUT2D eigenvalue weighted by Crippen LogP contribution is -2.32. The van der Waals surface area contributed by atoms with Crippen molar-refractivity contribution >= 4 is 16.1 Å². The third-order valence-electron chi connectivity index (χ3n) is 5.64. The maximum absolute atomic E-state index is 13.5. The highest BCUT2D eigenvalue weighted by Crippen LogP contribution is 2.28. The van der Waals surface area contributed by atoms with Crippen LogP contribution >= 0.6 is 0 Å². The summed E-state index contributed by atoms with van der Waals surface area (Å²) in [4.78, 5) is 0.345. The normalized spacial score (nSPS) is 13.4. The summed E-state index contributed by atoms with van der Waals surface area (Å²) < 4.78 is 28.5. The highest BCUT2D eigenvalue weighted by atomic mass is 32.2. The zero-order chi connectivity index (χ0) is 21.1. The van der Waals surface area contributed by atoms with Crippen LogP contribution in [0.5, 0.6) is 0 Å². The predicted octanol–water partition coefficient (Wildman–Crippen LogP) is 5.39. The second-order valence-electron chi connectivity index (χ2n) is 8.04. The molecule has 3 aromatic carbocycles. The zero-order valence-electron chi connectivity index (χ0n) is 17.5. The van der Waals surface area contributed by atoms with Crippen molar-refractivity contribution in [1.82, 2.24) is 4.31 Å². The van der Waals surface area contributed by atoms with Gasteiger partial charge in [0.05, 0.1) is 4.90 Å². The Hall–Kier alpha value is -2.69. The topological polar surface area (TPSA) is 37.4 Å². The molecular weight excluding hydrogens is 390 g/mol. The van der Waals surface area contributed by atoms with E-state index in [1.807, 2.05) is 49.4 Å². The van der Waals surface area contributed by atoms with Crippen LogP contribution in [0.2, 0.25) is 0 Å². The Morgan fingerprint density at radius 1 is 0.867 bits per heavy atom. The van der Waals surface area contributed by atoms with Crippen LogP contribution in [0, 0.1) is 6.92 Å². The highest BCUT2D eigenvalue weighted by Gasteiger charge is 2.25. The van der Waals surface area contributed by atoms with Gasteiger partial charge in [-0.3, -0.25) is 0 Å². The van der Waals surface area contributed by atoms with Gasteiger partial charge in [-0.2, -0.15) is 4.31 Å². The first-order valence-corrected chi connectivity index (χ1v) is 11.8. The van der Waals surface area contributed by atoms with Crippen molar-refractivity contribution < 1.29 is 8.42 Å². The van der Waals surface area contributed by atoms with Gasteiger partial charge in [-0.05, 0) is 61.1 Å². The van der Waals surface area contributed by atoms with Gasteiger partial charge in [-0.15, -0.1) is 0 Å². The molecule has 30 heavy (non-hydrogen) atoms. The minimum absolute atomic E-state index is 0.345. The molecule has 0 bridgehead atoms. The quantitative estimate of drug-likeness (QED) is 0.517. The fraction of sp³-hybridized carbons (Fsp3) is 0.231. The summed E-state index contributed by atoms with van der Waals surface area (Å²) in [7, 11) is -3.59. The van der Waals surface area contributed by atoms with Crippen molar-refractivity contribution in [3.05, 3.63) is 106 Å². The Balaban J connectivity index is 1.63. The Bertz CT molecular complexity index is 1160. The number of benzene rings is 3. The van der Waals surface area contributed by atoms with Gasteiger partial charge in [-0.1, -0.05) is 77.9 Å². The van der Waals surface area contributed by atoms with E-state index < -0.39 is 10.0 Å². The first kappa shape index (κ1) is 20.6. The molecule has 0 fully saturated rings. The number of aryl methyl sites for hydroxylation is 1. The molecular formula is C26H27NO2S. The van der Waals surface area contributed by atoms with E-state index in [0.717, 1.165) is 17.5 Å². The minimum Gasteiger partial charge on any atom is -0.207 e. The summed E-state index contributed by atoms with van der Waals surface area (Å²) in [6, 6.07) is 23.3. The summed E-state index contributed by atoms with van der Waals surface area (Å²) in [6.45, 7) is 4.91.